The molecular formula is C17H15BrN2O2. The monoisotopic (exact) mass is 358 g/mol. The van der Waals surface area contributed by atoms with Crippen molar-refractivity contribution in [2.45, 2.75) is 12.8 Å². The van der Waals surface area contributed by atoms with E-state index in [9.17, 15) is 9.59 Å². The number of para-hydroxylation sites is 1. The minimum atomic E-state index is -0.211. The lowest BCUT2D eigenvalue weighted by atomic mass is 10.1. The number of hydrogen-bond donors (Lipinski definition) is 1. The molecule has 1 fully saturated rings. The SMILES string of the molecule is O=C(Nc1ccc(Br)cc1)c1ccccc1N1CCCC1=O. The first-order chi connectivity index (χ1) is 10.6. The van der Waals surface area contributed by atoms with Gasteiger partial charge in [0.2, 0.25) is 5.91 Å². The first-order valence-electron chi connectivity index (χ1n) is 7.11. The summed E-state index contributed by atoms with van der Waals surface area (Å²) in [7, 11) is 0. The van der Waals surface area contributed by atoms with Crippen LogP contribution in [0.4, 0.5) is 11.4 Å². The van der Waals surface area contributed by atoms with Gasteiger partial charge >= 0.3 is 0 Å². The van der Waals surface area contributed by atoms with Crippen molar-refractivity contribution in [3.8, 4) is 0 Å². The Kier molecular flexibility index (Phi) is 4.24. The van der Waals surface area contributed by atoms with Gasteiger partial charge in [-0.2, -0.15) is 0 Å². The molecule has 0 spiro atoms. The smallest absolute Gasteiger partial charge is 0.257 e. The van der Waals surface area contributed by atoms with Crippen molar-refractivity contribution in [3.05, 3.63) is 58.6 Å². The van der Waals surface area contributed by atoms with Crippen molar-refractivity contribution < 1.29 is 9.59 Å². The molecule has 22 heavy (non-hydrogen) atoms. The highest BCUT2D eigenvalue weighted by Gasteiger charge is 2.25. The fraction of sp³-hybridized carbons (Fsp3) is 0.176. The number of halogens is 1. The van der Waals surface area contributed by atoms with Gasteiger partial charge in [-0.15, -0.1) is 0 Å². The Labute approximate surface area is 137 Å². The first-order valence-corrected chi connectivity index (χ1v) is 7.91. The maximum atomic E-state index is 12.5. The highest BCUT2D eigenvalue weighted by atomic mass is 79.9. The number of anilines is 2. The van der Waals surface area contributed by atoms with Gasteiger partial charge in [0, 0.05) is 23.1 Å². The summed E-state index contributed by atoms with van der Waals surface area (Å²) in [6.07, 6.45) is 1.38. The molecule has 2 aromatic carbocycles. The van der Waals surface area contributed by atoms with E-state index in [1.807, 2.05) is 36.4 Å². The van der Waals surface area contributed by atoms with Crippen molar-refractivity contribution in [2.75, 3.05) is 16.8 Å². The minimum Gasteiger partial charge on any atom is -0.322 e. The van der Waals surface area contributed by atoms with Crippen molar-refractivity contribution in [2.24, 2.45) is 0 Å². The fourth-order valence-electron chi connectivity index (χ4n) is 2.54. The minimum absolute atomic E-state index is 0.0730. The van der Waals surface area contributed by atoms with Gasteiger partial charge < -0.3 is 10.2 Å². The molecule has 3 rings (SSSR count). The molecule has 0 atom stereocenters. The standard InChI is InChI=1S/C17H15BrN2O2/c18-12-7-9-13(10-8-12)19-17(22)14-4-1-2-5-15(14)20-11-3-6-16(20)21/h1-2,4-5,7-10H,3,6,11H2,(H,19,22). The summed E-state index contributed by atoms with van der Waals surface area (Å²) in [5.74, 6) is -0.137. The molecule has 1 N–H and O–H groups in total. The van der Waals surface area contributed by atoms with Crippen molar-refractivity contribution >= 4 is 39.1 Å². The van der Waals surface area contributed by atoms with Gasteiger partial charge in [-0.25, -0.2) is 0 Å². The van der Waals surface area contributed by atoms with E-state index >= 15 is 0 Å². The zero-order valence-corrected chi connectivity index (χ0v) is 13.5. The molecule has 5 heteroatoms. The van der Waals surface area contributed by atoms with Crippen LogP contribution in [0.15, 0.2) is 53.0 Å². The Morgan fingerprint density at radius 3 is 2.50 bits per heavy atom. The summed E-state index contributed by atoms with van der Waals surface area (Å²) in [5, 5.41) is 2.87. The van der Waals surface area contributed by atoms with Crippen LogP contribution in [0.2, 0.25) is 0 Å². The molecule has 0 aliphatic carbocycles. The van der Waals surface area contributed by atoms with E-state index in [4.69, 9.17) is 0 Å². The van der Waals surface area contributed by atoms with Gasteiger partial charge in [0.25, 0.3) is 5.91 Å². The third-order valence-electron chi connectivity index (χ3n) is 3.61. The van der Waals surface area contributed by atoms with Crippen LogP contribution in [0, 0.1) is 0 Å². The van der Waals surface area contributed by atoms with Gasteiger partial charge in [-0.05, 0) is 42.8 Å². The van der Waals surface area contributed by atoms with E-state index in [1.165, 1.54) is 0 Å². The van der Waals surface area contributed by atoms with Crippen LogP contribution in [-0.2, 0) is 4.79 Å². The maximum Gasteiger partial charge on any atom is 0.257 e. The molecule has 112 valence electrons. The summed E-state index contributed by atoms with van der Waals surface area (Å²) in [6.45, 7) is 0.668. The molecule has 0 aromatic heterocycles. The third kappa shape index (κ3) is 3.04. The Balaban J connectivity index is 1.86. The van der Waals surface area contributed by atoms with Crippen LogP contribution in [-0.4, -0.2) is 18.4 Å². The highest BCUT2D eigenvalue weighted by Crippen LogP contribution is 2.26. The van der Waals surface area contributed by atoms with Crippen molar-refractivity contribution in [1.82, 2.24) is 0 Å². The second-order valence-electron chi connectivity index (χ2n) is 5.13. The number of nitrogens with one attached hydrogen (secondary N) is 1. The Hall–Kier alpha value is -2.14. The predicted octanol–water partition coefficient (Wildman–Crippen LogP) is 3.83. The van der Waals surface area contributed by atoms with E-state index < -0.39 is 0 Å². The van der Waals surface area contributed by atoms with Crippen molar-refractivity contribution in [3.63, 3.8) is 0 Å². The van der Waals surface area contributed by atoms with Gasteiger partial charge in [-0.3, -0.25) is 9.59 Å². The number of hydrogen-bond acceptors (Lipinski definition) is 2. The van der Waals surface area contributed by atoms with Crippen LogP contribution in [0.3, 0.4) is 0 Å². The molecule has 0 bridgehead atoms. The fourth-order valence-corrected chi connectivity index (χ4v) is 2.80. The van der Waals surface area contributed by atoms with Gasteiger partial charge in [-0.1, -0.05) is 28.1 Å². The lowest BCUT2D eigenvalue weighted by Gasteiger charge is -2.19. The summed E-state index contributed by atoms with van der Waals surface area (Å²) < 4.78 is 0.952. The highest BCUT2D eigenvalue weighted by molar-refractivity contribution is 9.10. The number of rotatable bonds is 3. The molecule has 1 saturated heterocycles. The lowest BCUT2D eigenvalue weighted by molar-refractivity contribution is -0.117. The van der Waals surface area contributed by atoms with E-state index in [2.05, 4.69) is 21.2 Å². The van der Waals surface area contributed by atoms with E-state index in [0.29, 0.717) is 24.2 Å². The first kappa shape index (κ1) is 14.8. The summed E-state index contributed by atoms with van der Waals surface area (Å²) in [6, 6.07) is 14.6. The lowest BCUT2D eigenvalue weighted by Crippen LogP contribution is -2.27. The number of amides is 2. The molecule has 2 amide bonds. The van der Waals surface area contributed by atoms with Crippen molar-refractivity contribution in [1.29, 1.82) is 0 Å². The molecule has 0 unspecified atom stereocenters. The number of carbonyl (C=O) groups is 2. The Morgan fingerprint density at radius 1 is 1.09 bits per heavy atom. The molecule has 0 saturated carbocycles. The second kappa shape index (κ2) is 6.32. The average Bonchev–Trinajstić information content (AvgIpc) is 2.95. The predicted molar refractivity (Wildman–Crippen MR) is 90.1 cm³/mol. The number of nitrogens with zero attached hydrogens (tertiary/aromatic N) is 1. The molecular weight excluding hydrogens is 344 g/mol. The molecule has 1 heterocycles. The normalized spacial score (nSPS) is 14.2. The topological polar surface area (TPSA) is 49.4 Å². The molecule has 4 nitrogen and oxygen atoms in total. The summed E-state index contributed by atoms with van der Waals surface area (Å²) in [4.78, 5) is 26.1. The Morgan fingerprint density at radius 2 is 1.82 bits per heavy atom. The quantitative estimate of drug-likeness (QED) is 0.906. The summed E-state index contributed by atoms with van der Waals surface area (Å²) in [5.41, 5.74) is 1.91. The van der Waals surface area contributed by atoms with Crippen LogP contribution in [0.5, 0.6) is 0 Å². The van der Waals surface area contributed by atoms with Crippen LogP contribution < -0.4 is 10.2 Å². The number of benzene rings is 2. The van der Waals surface area contributed by atoms with Gasteiger partial charge in [0.05, 0.1) is 11.3 Å². The van der Waals surface area contributed by atoms with E-state index in [0.717, 1.165) is 16.6 Å². The molecule has 1 aliphatic heterocycles. The summed E-state index contributed by atoms with van der Waals surface area (Å²) >= 11 is 3.36. The Bertz CT molecular complexity index is 713. The molecule has 1 aliphatic rings. The van der Waals surface area contributed by atoms with Gasteiger partial charge in [0.15, 0.2) is 0 Å². The van der Waals surface area contributed by atoms with Crippen LogP contribution >= 0.6 is 15.9 Å². The largest absolute Gasteiger partial charge is 0.322 e. The van der Waals surface area contributed by atoms with E-state index in [1.54, 1.807) is 17.0 Å². The van der Waals surface area contributed by atoms with E-state index in [-0.39, 0.29) is 11.8 Å². The van der Waals surface area contributed by atoms with Crippen LogP contribution in [0.1, 0.15) is 23.2 Å². The zero-order chi connectivity index (χ0) is 15.5. The van der Waals surface area contributed by atoms with Crippen LogP contribution in [0.25, 0.3) is 0 Å². The van der Waals surface area contributed by atoms with Gasteiger partial charge in [0.1, 0.15) is 0 Å². The third-order valence-corrected chi connectivity index (χ3v) is 4.14. The maximum absolute atomic E-state index is 12.5. The second-order valence-corrected chi connectivity index (χ2v) is 6.04. The number of carbonyl (C=O) groups excluding carboxylic acids is 2. The average molecular weight is 359 g/mol. The zero-order valence-electron chi connectivity index (χ0n) is 11.9. The molecule has 0 radical (unpaired) electrons. The molecule has 2 aromatic rings.